The van der Waals surface area contributed by atoms with Crippen LogP contribution < -0.4 is 24.8 Å². The van der Waals surface area contributed by atoms with Crippen LogP contribution >= 0.6 is 0 Å². The Hall–Kier alpha value is -3.22. The smallest absolute Gasteiger partial charge is 0.262 e. The van der Waals surface area contributed by atoms with Crippen molar-refractivity contribution in [2.24, 2.45) is 0 Å². The molecule has 25 heavy (non-hydrogen) atoms. The van der Waals surface area contributed by atoms with Gasteiger partial charge in [-0.15, -0.1) is 0 Å². The molecule has 2 aromatic carbocycles. The Morgan fingerprint density at radius 2 is 1.80 bits per heavy atom. The zero-order chi connectivity index (χ0) is 18.0. The Labute approximate surface area is 144 Å². The zero-order valence-corrected chi connectivity index (χ0v) is 14.1. The highest BCUT2D eigenvalue weighted by molar-refractivity contribution is 6.07. The minimum atomic E-state index is -0.342. The number of methoxy groups -OCH3 is 2. The van der Waals surface area contributed by atoms with Crippen LogP contribution in [0.4, 0.5) is 11.4 Å². The summed E-state index contributed by atoms with van der Waals surface area (Å²) in [5.41, 5.74) is 2.28. The summed E-state index contributed by atoms with van der Waals surface area (Å²) in [6, 6.07) is 8.48. The molecule has 2 amide bonds. The average molecular weight is 342 g/mol. The highest BCUT2D eigenvalue weighted by atomic mass is 16.5. The van der Waals surface area contributed by atoms with Gasteiger partial charge in [-0.1, -0.05) is 0 Å². The van der Waals surface area contributed by atoms with E-state index in [4.69, 9.17) is 14.2 Å². The van der Waals surface area contributed by atoms with Gasteiger partial charge in [0.05, 0.1) is 25.6 Å². The minimum Gasteiger partial charge on any atom is -0.497 e. The van der Waals surface area contributed by atoms with Gasteiger partial charge in [0.25, 0.3) is 11.8 Å². The van der Waals surface area contributed by atoms with Crippen molar-refractivity contribution < 1.29 is 23.8 Å². The number of amides is 2. The molecule has 0 saturated heterocycles. The molecule has 1 aliphatic rings. The van der Waals surface area contributed by atoms with Gasteiger partial charge < -0.3 is 24.8 Å². The maximum atomic E-state index is 12.6. The van der Waals surface area contributed by atoms with Gasteiger partial charge in [0.2, 0.25) is 0 Å². The number of rotatable bonds is 4. The summed E-state index contributed by atoms with van der Waals surface area (Å²) in [5.74, 6) is 0.894. The lowest BCUT2D eigenvalue weighted by Crippen LogP contribution is -2.26. The van der Waals surface area contributed by atoms with Gasteiger partial charge in [-0.2, -0.15) is 0 Å². The quantitative estimate of drug-likeness (QED) is 0.892. The molecule has 0 aliphatic carbocycles. The van der Waals surface area contributed by atoms with Crippen LogP contribution in [-0.4, -0.2) is 32.6 Å². The molecule has 1 aliphatic heterocycles. The molecule has 0 atom stereocenters. The molecule has 1 heterocycles. The molecule has 2 N–H and O–H groups in total. The van der Waals surface area contributed by atoms with Gasteiger partial charge in [0.15, 0.2) is 12.4 Å². The highest BCUT2D eigenvalue weighted by Gasteiger charge is 2.21. The molecule has 0 unspecified atom stereocenters. The molecular formula is C18H18N2O5. The van der Waals surface area contributed by atoms with Crippen molar-refractivity contribution in [1.29, 1.82) is 0 Å². The summed E-state index contributed by atoms with van der Waals surface area (Å²) in [5, 5.41) is 5.55. The molecule has 0 aromatic heterocycles. The van der Waals surface area contributed by atoms with E-state index in [9.17, 15) is 9.59 Å². The first-order chi connectivity index (χ1) is 12.0. The molecule has 0 radical (unpaired) electrons. The molecule has 2 aromatic rings. The number of benzene rings is 2. The van der Waals surface area contributed by atoms with E-state index >= 15 is 0 Å². The van der Waals surface area contributed by atoms with Crippen molar-refractivity contribution >= 4 is 23.2 Å². The fourth-order valence-electron chi connectivity index (χ4n) is 2.57. The van der Waals surface area contributed by atoms with Gasteiger partial charge in [-0.3, -0.25) is 9.59 Å². The fraction of sp³-hybridized carbons (Fsp3) is 0.222. The van der Waals surface area contributed by atoms with E-state index in [2.05, 4.69) is 10.6 Å². The average Bonchev–Trinajstić information content (AvgIpc) is 2.60. The lowest BCUT2D eigenvalue weighted by Gasteiger charge is -2.22. The van der Waals surface area contributed by atoms with Crippen molar-refractivity contribution in [3.05, 3.63) is 41.5 Å². The first-order valence-corrected chi connectivity index (χ1v) is 7.62. The van der Waals surface area contributed by atoms with E-state index in [1.807, 2.05) is 6.92 Å². The molecule has 0 spiro atoms. The molecule has 130 valence electrons. The maximum Gasteiger partial charge on any atom is 0.262 e. The molecule has 3 rings (SSSR count). The number of hydrogen-bond acceptors (Lipinski definition) is 5. The summed E-state index contributed by atoms with van der Waals surface area (Å²) in [6.45, 7) is 1.77. The second-order valence-electron chi connectivity index (χ2n) is 5.58. The van der Waals surface area contributed by atoms with Crippen LogP contribution in [0.25, 0.3) is 0 Å². The first kappa shape index (κ1) is 16.6. The number of carbonyl (C=O) groups excluding carboxylic acids is 2. The number of anilines is 2. The normalized spacial score (nSPS) is 12.5. The minimum absolute atomic E-state index is 0.0914. The summed E-state index contributed by atoms with van der Waals surface area (Å²) in [6.07, 6.45) is 0. The number of hydrogen-bond donors (Lipinski definition) is 2. The third-order valence-corrected chi connectivity index (χ3v) is 3.72. The third kappa shape index (κ3) is 3.50. The number of nitrogens with one attached hydrogen (secondary N) is 2. The second kappa shape index (κ2) is 6.72. The van der Waals surface area contributed by atoms with Gasteiger partial charge in [-0.05, 0) is 36.8 Å². The molecule has 0 bridgehead atoms. The Balaban J connectivity index is 1.93. The standard InChI is InChI=1S/C18H18N2O5/c1-10-4-14-17(25-9-16(21)19-14)15(5-10)20-18(22)11-6-12(23-2)8-13(7-11)24-3/h4-8H,9H2,1-3H3,(H,19,21)(H,20,22). The summed E-state index contributed by atoms with van der Waals surface area (Å²) < 4.78 is 15.8. The monoisotopic (exact) mass is 342 g/mol. The largest absolute Gasteiger partial charge is 0.497 e. The third-order valence-electron chi connectivity index (χ3n) is 3.72. The van der Waals surface area contributed by atoms with Crippen molar-refractivity contribution in [1.82, 2.24) is 0 Å². The van der Waals surface area contributed by atoms with Gasteiger partial charge in [0, 0.05) is 11.6 Å². The van der Waals surface area contributed by atoms with Crippen LogP contribution in [0.1, 0.15) is 15.9 Å². The van der Waals surface area contributed by atoms with Gasteiger partial charge >= 0.3 is 0 Å². The van der Waals surface area contributed by atoms with Crippen LogP contribution in [0.2, 0.25) is 0 Å². The summed E-state index contributed by atoms with van der Waals surface area (Å²) >= 11 is 0. The van der Waals surface area contributed by atoms with Crippen LogP contribution in [0.5, 0.6) is 17.2 Å². The lowest BCUT2D eigenvalue weighted by molar-refractivity contribution is -0.118. The van der Waals surface area contributed by atoms with E-state index in [0.29, 0.717) is 34.2 Å². The topological polar surface area (TPSA) is 85.9 Å². The number of fused-ring (bicyclic) bond motifs is 1. The predicted molar refractivity (Wildman–Crippen MR) is 92.8 cm³/mol. The lowest BCUT2D eigenvalue weighted by atomic mass is 10.1. The Morgan fingerprint density at radius 1 is 1.12 bits per heavy atom. The van der Waals surface area contributed by atoms with E-state index in [1.54, 1.807) is 30.3 Å². The Kier molecular flexibility index (Phi) is 4.47. The van der Waals surface area contributed by atoms with Gasteiger partial charge in [0.1, 0.15) is 11.5 Å². The van der Waals surface area contributed by atoms with Crippen molar-refractivity contribution in [3.8, 4) is 17.2 Å². The van der Waals surface area contributed by atoms with Crippen LogP contribution in [-0.2, 0) is 4.79 Å². The zero-order valence-electron chi connectivity index (χ0n) is 14.1. The van der Waals surface area contributed by atoms with Crippen molar-refractivity contribution in [2.45, 2.75) is 6.92 Å². The Bertz CT molecular complexity index is 825. The Morgan fingerprint density at radius 3 is 2.44 bits per heavy atom. The molecular weight excluding hydrogens is 324 g/mol. The maximum absolute atomic E-state index is 12.6. The SMILES string of the molecule is COc1cc(OC)cc(C(=O)Nc2cc(C)cc3c2OCC(=O)N3)c1. The van der Waals surface area contributed by atoms with Gasteiger partial charge in [-0.25, -0.2) is 0 Å². The van der Waals surface area contributed by atoms with Crippen molar-refractivity contribution in [3.63, 3.8) is 0 Å². The van der Waals surface area contributed by atoms with E-state index in [1.165, 1.54) is 14.2 Å². The molecule has 0 fully saturated rings. The number of carbonyl (C=O) groups is 2. The first-order valence-electron chi connectivity index (χ1n) is 7.62. The predicted octanol–water partition coefficient (Wildman–Crippen LogP) is 2.60. The second-order valence-corrected chi connectivity index (χ2v) is 5.58. The molecule has 0 saturated carbocycles. The number of ether oxygens (including phenoxy) is 3. The highest BCUT2D eigenvalue weighted by Crippen LogP contribution is 2.37. The summed E-state index contributed by atoms with van der Waals surface area (Å²) in [4.78, 5) is 24.1. The van der Waals surface area contributed by atoms with E-state index in [-0.39, 0.29) is 18.4 Å². The summed E-state index contributed by atoms with van der Waals surface area (Å²) in [7, 11) is 3.04. The van der Waals surface area contributed by atoms with Crippen LogP contribution in [0.3, 0.4) is 0 Å². The van der Waals surface area contributed by atoms with Crippen LogP contribution in [0, 0.1) is 6.92 Å². The van der Waals surface area contributed by atoms with E-state index < -0.39 is 0 Å². The van der Waals surface area contributed by atoms with E-state index in [0.717, 1.165) is 5.56 Å². The van der Waals surface area contributed by atoms with Crippen LogP contribution in [0.15, 0.2) is 30.3 Å². The fourth-order valence-corrected chi connectivity index (χ4v) is 2.57. The number of aryl methyl sites for hydroxylation is 1. The molecule has 7 nitrogen and oxygen atoms in total. The molecule has 7 heteroatoms. The van der Waals surface area contributed by atoms with Crippen molar-refractivity contribution in [2.75, 3.05) is 31.5 Å².